The van der Waals surface area contributed by atoms with E-state index >= 15 is 0 Å². The monoisotopic (exact) mass is 224 g/mol. The summed E-state index contributed by atoms with van der Waals surface area (Å²) in [6, 6.07) is 1.60. The van der Waals surface area contributed by atoms with Gasteiger partial charge in [0.1, 0.15) is 5.82 Å². The summed E-state index contributed by atoms with van der Waals surface area (Å²) in [6.45, 7) is 0.337. The molecule has 5 nitrogen and oxygen atoms in total. The molecule has 1 aromatic carbocycles. The van der Waals surface area contributed by atoms with Crippen molar-refractivity contribution in [3.05, 3.63) is 33.6 Å². The van der Waals surface area contributed by atoms with E-state index in [1.807, 2.05) is 0 Å². The second kappa shape index (κ2) is 5.09. The van der Waals surface area contributed by atoms with Crippen LogP contribution in [0.3, 0.4) is 0 Å². The molecule has 84 valence electrons. The van der Waals surface area contributed by atoms with Crippen molar-refractivity contribution in [2.45, 2.75) is 0 Å². The molecule has 0 aliphatic rings. The van der Waals surface area contributed by atoms with Gasteiger partial charge < -0.3 is 10.4 Å². The Hall–Kier alpha value is -2.13. The van der Waals surface area contributed by atoms with E-state index in [2.05, 4.69) is 17.2 Å². The molecule has 0 aliphatic heterocycles. The maximum atomic E-state index is 13.0. The largest absolute Gasteiger partial charge is 0.501 e. The lowest BCUT2D eigenvalue weighted by Gasteiger charge is -1.99. The molecule has 1 rings (SSSR count). The number of phenolic OH excluding ortho intramolecular Hbond substituents is 1. The number of nitrogens with zero attached hydrogens (tertiary/aromatic N) is 1. The number of benzene rings is 1. The van der Waals surface area contributed by atoms with Crippen LogP contribution in [0.2, 0.25) is 0 Å². The molecule has 0 fully saturated rings. The van der Waals surface area contributed by atoms with Crippen LogP contribution in [0.25, 0.3) is 0 Å². The minimum atomic E-state index is -0.859. The Kier molecular flexibility index (Phi) is 3.80. The zero-order valence-corrected chi connectivity index (χ0v) is 8.45. The van der Waals surface area contributed by atoms with E-state index in [-0.39, 0.29) is 5.56 Å². The Labute approximate surface area is 91.1 Å². The van der Waals surface area contributed by atoms with E-state index in [0.717, 1.165) is 6.07 Å². The van der Waals surface area contributed by atoms with E-state index < -0.39 is 22.2 Å². The molecule has 1 aromatic rings. The molecule has 0 aliphatic carbocycles. The molecule has 0 heterocycles. The number of nitrogens with one attached hydrogen (secondary N) is 1. The lowest BCUT2D eigenvalue weighted by Crippen LogP contribution is -2.04. The van der Waals surface area contributed by atoms with Crippen LogP contribution in [-0.2, 0) is 0 Å². The first kappa shape index (κ1) is 11.9. The summed E-state index contributed by atoms with van der Waals surface area (Å²) < 4.78 is 13.0. The van der Waals surface area contributed by atoms with Crippen molar-refractivity contribution < 1.29 is 14.4 Å². The van der Waals surface area contributed by atoms with Crippen LogP contribution in [0.15, 0.2) is 12.1 Å². The number of halogens is 1. The average Bonchev–Trinajstić information content (AvgIpc) is 2.22. The van der Waals surface area contributed by atoms with E-state index in [1.54, 1.807) is 7.05 Å². The lowest BCUT2D eigenvalue weighted by molar-refractivity contribution is -0.386. The van der Waals surface area contributed by atoms with Gasteiger partial charge in [-0.15, -0.1) is 0 Å². The minimum absolute atomic E-state index is 0.0954. The maximum absolute atomic E-state index is 13.0. The van der Waals surface area contributed by atoms with Gasteiger partial charge in [0.2, 0.25) is 5.75 Å². The second-order valence-electron chi connectivity index (χ2n) is 2.91. The first-order valence-corrected chi connectivity index (χ1v) is 4.36. The van der Waals surface area contributed by atoms with E-state index in [9.17, 15) is 19.6 Å². The highest BCUT2D eigenvalue weighted by Gasteiger charge is 2.18. The van der Waals surface area contributed by atoms with Gasteiger partial charge in [-0.05, 0) is 13.1 Å². The van der Waals surface area contributed by atoms with Crippen LogP contribution < -0.4 is 5.32 Å². The van der Waals surface area contributed by atoms with Gasteiger partial charge in [-0.3, -0.25) is 10.1 Å². The second-order valence-corrected chi connectivity index (χ2v) is 2.91. The maximum Gasteiger partial charge on any atom is 0.314 e. The van der Waals surface area contributed by atoms with Crippen molar-refractivity contribution in [2.24, 2.45) is 0 Å². The quantitative estimate of drug-likeness (QED) is 0.446. The molecule has 0 radical (unpaired) electrons. The highest BCUT2D eigenvalue weighted by Crippen LogP contribution is 2.30. The number of hydrogen-bond donors (Lipinski definition) is 2. The van der Waals surface area contributed by atoms with Gasteiger partial charge in [0.05, 0.1) is 23.1 Å². The zero-order chi connectivity index (χ0) is 12.1. The third-order valence-corrected chi connectivity index (χ3v) is 1.74. The van der Waals surface area contributed by atoms with Gasteiger partial charge in [0, 0.05) is 0 Å². The SMILES string of the molecule is CNCC#Cc1cc(F)cc([N+](=O)[O-])c1O. The van der Waals surface area contributed by atoms with Crippen molar-refractivity contribution in [1.29, 1.82) is 0 Å². The summed E-state index contributed by atoms with van der Waals surface area (Å²) in [5.74, 6) is 3.60. The van der Waals surface area contributed by atoms with Gasteiger partial charge >= 0.3 is 5.69 Å². The number of rotatable bonds is 2. The summed E-state index contributed by atoms with van der Waals surface area (Å²) in [6.07, 6.45) is 0. The first-order valence-electron chi connectivity index (χ1n) is 4.36. The fourth-order valence-corrected chi connectivity index (χ4v) is 1.05. The minimum Gasteiger partial charge on any atom is -0.501 e. The molecule has 0 amide bonds. The van der Waals surface area contributed by atoms with Gasteiger partial charge in [0.25, 0.3) is 0 Å². The third kappa shape index (κ3) is 2.68. The van der Waals surface area contributed by atoms with Crippen LogP contribution in [-0.4, -0.2) is 23.6 Å². The van der Waals surface area contributed by atoms with Crippen molar-refractivity contribution >= 4 is 5.69 Å². The fourth-order valence-electron chi connectivity index (χ4n) is 1.05. The standard InChI is InChI=1S/C10H9FN2O3/c1-12-4-2-3-7-5-8(11)6-9(10(7)14)13(15)16/h5-6,12,14H,4H2,1H3. The first-order chi connectivity index (χ1) is 7.56. The van der Waals surface area contributed by atoms with Crippen molar-refractivity contribution in [1.82, 2.24) is 5.32 Å². The summed E-state index contributed by atoms with van der Waals surface area (Å²) >= 11 is 0. The predicted molar refractivity (Wildman–Crippen MR) is 55.5 cm³/mol. The Balaban J connectivity index is 3.21. The molecule has 0 aromatic heterocycles. The number of aromatic hydroxyl groups is 1. The molecule has 0 saturated heterocycles. The third-order valence-electron chi connectivity index (χ3n) is 1.74. The van der Waals surface area contributed by atoms with Crippen LogP contribution in [0.5, 0.6) is 5.75 Å². The summed E-state index contributed by atoms with van der Waals surface area (Å²) in [4.78, 5) is 9.62. The van der Waals surface area contributed by atoms with Crippen LogP contribution in [0.4, 0.5) is 10.1 Å². The average molecular weight is 224 g/mol. The van der Waals surface area contributed by atoms with Crippen LogP contribution in [0.1, 0.15) is 5.56 Å². The molecule has 6 heteroatoms. The number of hydrogen-bond acceptors (Lipinski definition) is 4. The molecular formula is C10H9FN2O3. The summed E-state index contributed by atoms with van der Waals surface area (Å²) in [5.41, 5.74) is -0.782. The Bertz CT molecular complexity index is 477. The summed E-state index contributed by atoms with van der Waals surface area (Å²) in [7, 11) is 1.67. The van der Waals surface area contributed by atoms with Crippen molar-refractivity contribution in [2.75, 3.05) is 13.6 Å². The Morgan fingerprint density at radius 1 is 1.62 bits per heavy atom. The molecule has 0 bridgehead atoms. The Morgan fingerprint density at radius 3 is 2.88 bits per heavy atom. The normalized spacial score (nSPS) is 9.38. The van der Waals surface area contributed by atoms with Crippen molar-refractivity contribution in [3.63, 3.8) is 0 Å². The smallest absolute Gasteiger partial charge is 0.314 e. The molecule has 2 N–H and O–H groups in total. The van der Waals surface area contributed by atoms with E-state index in [0.29, 0.717) is 12.6 Å². The Morgan fingerprint density at radius 2 is 2.31 bits per heavy atom. The predicted octanol–water partition coefficient (Wildman–Crippen LogP) is 1.01. The van der Waals surface area contributed by atoms with E-state index in [1.165, 1.54) is 0 Å². The fraction of sp³-hybridized carbons (Fsp3) is 0.200. The number of nitro benzene ring substituents is 1. The highest BCUT2D eigenvalue weighted by atomic mass is 19.1. The van der Waals surface area contributed by atoms with Gasteiger partial charge in [-0.1, -0.05) is 11.8 Å². The molecule has 16 heavy (non-hydrogen) atoms. The molecular weight excluding hydrogens is 215 g/mol. The number of nitro groups is 1. The van der Waals surface area contributed by atoms with E-state index in [4.69, 9.17) is 0 Å². The van der Waals surface area contributed by atoms with Crippen LogP contribution in [0, 0.1) is 27.8 Å². The molecule has 0 unspecified atom stereocenters. The zero-order valence-electron chi connectivity index (χ0n) is 8.45. The molecule has 0 saturated carbocycles. The van der Waals surface area contributed by atoms with Gasteiger partial charge in [0.15, 0.2) is 0 Å². The summed E-state index contributed by atoms with van der Waals surface area (Å²) in [5, 5.41) is 22.7. The molecule has 0 atom stereocenters. The topological polar surface area (TPSA) is 75.4 Å². The van der Waals surface area contributed by atoms with Crippen molar-refractivity contribution in [3.8, 4) is 17.6 Å². The molecule has 0 spiro atoms. The van der Waals surface area contributed by atoms with Gasteiger partial charge in [-0.25, -0.2) is 4.39 Å². The number of phenols is 1. The van der Waals surface area contributed by atoms with Crippen LogP contribution >= 0.6 is 0 Å². The lowest BCUT2D eigenvalue weighted by atomic mass is 10.1. The highest BCUT2D eigenvalue weighted by molar-refractivity contribution is 5.57. The van der Waals surface area contributed by atoms with Gasteiger partial charge in [-0.2, -0.15) is 0 Å².